The number of para-hydroxylation sites is 1. The first-order chi connectivity index (χ1) is 10.1. The number of carbonyl (C=O) groups excluding carboxylic acids is 1. The summed E-state index contributed by atoms with van der Waals surface area (Å²) in [5.74, 6) is -0.110. The Labute approximate surface area is 122 Å². The summed E-state index contributed by atoms with van der Waals surface area (Å²) in [5, 5.41) is 11.3. The molecule has 0 spiro atoms. The van der Waals surface area contributed by atoms with E-state index in [1.54, 1.807) is 4.68 Å². The maximum Gasteiger partial charge on any atom is 0.218 e. The van der Waals surface area contributed by atoms with Crippen molar-refractivity contribution < 1.29 is 4.79 Å². The van der Waals surface area contributed by atoms with E-state index in [1.807, 2.05) is 55.5 Å². The van der Waals surface area contributed by atoms with Gasteiger partial charge in [-0.15, -0.1) is 5.10 Å². The van der Waals surface area contributed by atoms with E-state index in [-0.39, 0.29) is 12.1 Å². The quantitative estimate of drug-likeness (QED) is 0.801. The average Bonchev–Trinajstić information content (AvgIpc) is 2.88. The molecule has 5 heteroatoms. The minimum Gasteiger partial charge on any atom is -0.331 e. The number of carbonyl (C=O) groups is 1. The normalized spacial score (nSPS) is 12.3. The highest BCUT2D eigenvalue weighted by atomic mass is 16.1. The summed E-state index contributed by atoms with van der Waals surface area (Å²) in [6.07, 6.45) is -0.366. The summed E-state index contributed by atoms with van der Waals surface area (Å²) >= 11 is 0. The number of benzene rings is 2. The number of nitrogens with one attached hydrogen (secondary N) is 1. The molecule has 0 aliphatic heterocycles. The number of rotatable bonds is 3. The molecule has 0 bridgehead atoms. The summed E-state index contributed by atoms with van der Waals surface area (Å²) in [6.45, 7) is 3.52. The Hall–Kier alpha value is -2.69. The van der Waals surface area contributed by atoms with E-state index < -0.39 is 0 Å². The average molecular weight is 280 g/mol. The Balaban J connectivity index is 2.13. The van der Waals surface area contributed by atoms with Crippen molar-refractivity contribution in [1.82, 2.24) is 20.3 Å². The van der Waals surface area contributed by atoms with E-state index in [1.165, 1.54) is 6.92 Å². The van der Waals surface area contributed by atoms with E-state index >= 15 is 0 Å². The smallest absolute Gasteiger partial charge is 0.218 e. The first-order valence-corrected chi connectivity index (χ1v) is 6.79. The standard InChI is InChI=1S/C16H16N4O/c1-11-6-5-7-13(10-11)16(17-12(2)21)20-15-9-4-3-8-14(15)18-19-20/h3-10,16H,1-2H3,(H,17,21). The molecule has 21 heavy (non-hydrogen) atoms. The van der Waals surface area contributed by atoms with Gasteiger partial charge in [0.15, 0.2) is 6.17 Å². The predicted octanol–water partition coefficient (Wildman–Crippen LogP) is 2.42. The first-order valence-electron chi connectivity index (χ1n) is 6.79. The predicted molar refractivity (Wildman–Crippen MR) is 80.7 cm³/mol. The second-order valence-corrected chi connectivity index (χ2v) is 5.04. The van der Waals surface area contributed by atoms with Gasteiger partial charge in [-0.3, -0.25) is 4.79 Å². The van der Waals surface area contributed by atoms with Crippen LogP contribution in [0.25, 0.3) is 11.0 Å². The minimum atomic E-state index is -0.366. The van der Waals surface area contributed by atoms with Crippen LogP contribution < -0.4 is 5.32 Å². The molecule has 106 valence electrons. The van der Waals surface area contributed by atoms with E-state index in [9.17, 15) is 4.79 Å². The number of aromatic nitrogens is 3. The zero-order valence-electron chi connectivity index (χ0n) is 11.9. The van der Waals surface area contributed by atoms with Crippen LogP contribution in [-0.2, 0) is 4.79 Å². The molecule has 0 aliphatic rings. The van der Waals surface area contributed by atoms with Crippen molar-refractivity contribution in [1.29, 1.82) is 0 Å². The van der Waals surface area contributed by atoms with Crippen LogP contribution in [0.1, 0.15) is 24.2 Å². The fourth-order valence-electron chi connectivity index (χ4n) is 2.40. The number of nitrogens with zero attached hydrogens (tertiary/aromatic N) is 3. The van der Waals surface area contributed by atoms with E-state index in [2.05, 4.69) is 15.6 Å². The molecule has 1 atom stereocenters. The van der Waals surface area contributed by atoms with Gasteiger partial charge < -0.3 is 5.32 Å². The Bertz CT molecular complexity index is 794. The van der Waals surface area contributed by atoms with Gasteiger partial charge in [-0.25, -0.2) is 4.68 Å². The van der Waals surface area contributed by atoms with Crippen molar-refractivity contribution in [3.63, 3.8) is 0 Å². The van der Waals surface area contributed by atoms with Crippen molar-refractivity contribution in [2.24, 2.45) is 0 Å². The number of hydrogen-bond acceptors (Lipinski definition) is 3. The number of fused-ring (bicyclic) bond motifs is 1. The topological polar surface area (TPSA) is 59.8 Å². The van der Waals surface area contributed by atoms with Gasteiger partial charge in [0.1, 0.15) is 5.52 Å². The molecule has 1 N–H and O–H groups in total. The molecule has 1 unspecified atom stereocenters. The van der Waals surface area contributed by atoms with E-state index in [0.29, 0.717) is 0 Å². The fraction of sp³-hybridized carbons (Fsp3) is 0.188. The third kappa shape index (κ3) is 2.63. The molecule has 3 aromatic rings. The van der Waals surface area contributed by atoms with Crippen molar-refractivity contribution in [3.8, 4) is 0 Å². The molecule has 1 heterocycles. The van der Waals surface area contributed by atoms with Crippen molar-refractivity contribution >= 4 is 16.9 Å². The number of aryl methyl sites for hydroxylation is 1. The van der Waals surface area contributed by atoms with Crippen LogP contribution in [0.5, 0.6) is 0 Å². The molecule has 1 aromatic heterocycles. The summed E-state index contributed by atoms with van der Waals surface area (Å²) in [5.41, 5.74) is 3.80. The maximum atomic E-state index is 11.6. The van der Waals surface area contributed by atoms with Crippen molar-refractivity contribution in [3.05, 3.63) is 59.7 Å². The summed E-state index contributed by atoms with van der Waals surface area (Å²) in [7, 11) is 0. The van der Waals surface area contributed by atoms with Crippen LogP contribution in [0.15, 0.2) is 48.5 Å². The van der Waals surface area contributed by atoms with Gasteiger partial charge in [0.25, 0.3) is 0 Å². The second kappa shape index (κ2) is 5.36. The third-order valence-electron chi connectivity index (χ3n) is 3.32. The zero-order chi connectivity index (χ0) is 14.8. The van der Waals surface area contributed by atoms with Gasteiger partial charge in [-0.05, 0) is 24.6 Å². The number of amides is 1. The van der Waals surface area contributed by atoms with Crippen LogP contribution in [0.3, 0.4) is 0 Å². The molecule has 3 rings (SSSR count). The third-order valence-corrected chi connectivity index (χ3v) is 3.32. The highest BCUT2D eigenvalue weighted by Gasteiger charge is 2.18. The van der Waals surface area contributed by atoms with Gasteiger partial charge in [0, 0.05) is 6.92 Å². The van der Waals surface area contributed by atoms with Gasteiger partial charge >= 0.3 is 0 Å². The lowest BCUT2D eigenvalue weighted by atomic mass is 10.1. The largest absolute Gasteiger partial charge is 0.331 e. The molecule has 0 fully saturated rings. The highest BCUT2D eigenvalue weighted by molar-refractivity contribution is 5.76. The Morgan fingerprint density at radius 3 is 2.76 bits per heavy atom. The lowest BCUT2D eigenvalue weighted by Gasteiger charge is -2.19. The molecule has 0 saturated heterocycles. The molecular weight excluding hydrogens is 264 g/mol. The van der Waals surface area contributed by atoms with Gasteiger partial charge in [-0.1, -0.05) is 47.2 Å². The molecule has 1 amide bonds. The van der Waals surface area contributed by atoms with Crippen LogP contribution in [-0.4, -0.2) is 20.9 Å². The van der Waals surface area contributed by atoms with E-state index in [4.69, 9.17) is 0 Å². The SMILES string of the molecule is CC(=O)NC(c1cccc(C)c1)n1nnc2ccccc21. The Kier molecular flexibility index (Phi) is 3.39. The van der Waals surface area contributed by atoms with Gasteiger partial charge in [0.2, 0.25) is 5.91 Å². The van der Waals surface area contributed by atoms with Crippen molar-refractivity contribution in [2.75, 3.05) is 0 Å². The summed E-state index contributed by atoms with van der Waals surface area (Å²) in [6, 6.07) is 15.7. The van der Waals surface area contributed by atoms with Crippen LogP contribution in [0.4, 0.5) is 0 Å². The number of hydrogen-bond donors (Lipinski definition) is 1. The lowest BCUT2D eigenvalue weighted by Crippen LogP contribution is -2.32. The maximum absolute atomic E-state index is 11.6. The summed E-state index contributed by atoms with van der Waals surface area (Å²) in [4.78, 5) is 11.6. The summed E-state index contributed by atoms with van der Waals surface area (Å²) < 4.78 is 1.74. The Morgan fingerprint density at radius 2 is 2.00 bits per heavy atom. The molecule has 0 saturated carbocycles. The molecule has 0 radical (unpaired) electrons. The molecule has 0 aliphatic carbocycles. The van der Waals surface area contributed by atoms with Crippen LogP contribution in [0.2, 0.25) is 0 Å². The molecular formula is C16H16N4O. The lowest BCUT2D eigenvalue weighted by molar-refractivity contribution is -0.119. The Morgan fingerprint density at radius 1 is 1.19 bits per heavy atom. The van der Waals surface area contributed by atoms with Gasteiger partial charge in [-0.2, -0.15) is 0 Å². The van der Waals surface area contributed by atoms with E-state index in [0.717, 1.165) is 22.2 Å². The highest BCUT2D eigenvalue weighted by Crippen LogP contribution is 2.21. The minimum absolute atomic E-state index is 0.110. The second-order valence-electron chi connectivity index (χ2n) is 5.04. The van der Waals surface area contributed by atoms with Crippen LogP contribution >= 0.6 is 0 Å². The van der Waals surface area contributed by atoms with Gasteiger partial charge in [0.05, 0.1) is 5.52 Å². The fourth-order valence-corrected chi connectivity index (χ4v) is 2.40. The van der Waals surface area contributed by atoms with Crippen LogP contribution in [0, 0.1) is 6.92 Å². The molecule has 2 aromatic carbocycles. The monoisotopic (exact) mass is 280 g/mol. The molecule has 5 nitrogen and oxygen atoms in total. The first kappa shape index (κ1) is 13.3. The zero-order valence-corrected chi connectivity index (χ0v) is 11.9. The van der Waals surface area contributed by atoms with Crippen molar-refractivity contribution in [2.45, 2.75) is 20.0 Å².